The number of fused-ring (bicyclic) bond motifs is 1. The summed E-state index contributed by atoms with van der Waals surface area (Å²) in [5, 5.41) is 2.68. The maximum atomic E-state index is 13.3. The van der Waals surface area contributed by atoms with E-state index in [-0.39, 0.29) is 11.3 Å². The molecule has 5 nitrogen and oxygen atoms in total. The van der Waals surface area contributed by atoms with Crippen LogP contribution in [0.4, 0.5) is 15.8 Å². The number of hydrogen-bond donors (Lipinski definition) is 2. The van der Waals surface area contributed by atoms with Crippen LogP contribution in [0.2, 0.25) is 0 Å². The van der Waals surface area contributed by atoms with E-state index in [0.717, 1.165) is 17.6 Å². The highest BCUT2D eigenvalue weighted by atomic mass is 19.1. The van der Waals surface area contributed by atoms with Crippen molar-refractivity contribution in [2.24, 2.45) is 0 Å². The van der Waals surface area contributed by atoms with Gasteiger partial charge in [0.25, 0.3) is 5.91 Å². The highest BCUT2D eigenvalue weighted by molar-refractivity contribution is 6.05. The van der Waals surface area contributed by atoms with Crippen molar-refractivity contribution in [3.05, 3.63) is 60.2 Å². The zero-order chi connectivity index (χ0) is 14.8. The van der Waals surface area contributed by atoms with E-state index in [4.69, 9.17) is 5.73 Å². The first-order valence-corrected chi connectivity index (χ1v) is 6.20. The summed E-state index contributed by atoms with van der Waals surface area (Å²) in [6, 6.07) is 8.85. The Hall–Kier alpha value is -3.02. The van der Waals surface area contributed by atoms with E-state index in [9.17, 15) is 9.18 Å². The van der Waals surface area contributed by atoms with Gasteiger partial charge < -0.3 is 11.1 Å². The number of carbonyl (C=O) groups is 1. The van der Waals surface area contributed by atoms with E-state index in [0.29, 0.717) is 11.2 Å². The van der Waals surface area contributed by atoms with Gasteiger partial charge in [-0.15, -0.1) is 0 Å². The van der Waals surface area contributed by atoms with Gasteiger partial charge in [-0.1, -0.05) is 0 Å². The van der Waals surface area contributed by atoms with Gasteiger partial charge in [-0.05, 0) is 36.4 Å². The van der Waals surface area contributed by atoms with Crippen LogP contribution >= 0.6 is 0 Å². The number of nitrogen functional groups attached to an aromatic ring is 1. The minimum Gasteiger partial charge on any atom is -0.399 e. The first-order valence-electron chi connectivity index (χ1n) is 6.20. The number of hydrogen-bond acceptors (Lipinski definition) is 4. The number of carbonyl (C=O) groups excluding carboxylic acids is 1. The van der Waals surface area contributed by atoms with Gasteiger partial charge in [0.15, 0.2) is 0 Å². The standard InChI is InChI=1S/C15H11FN4O/c16-10-5-9(6-11(17)7-10)15(21)20-12-1-2-13-14(8-12)19-4-3-18-13/h1-8H,17H2,(H,20,21). The van der Waals surface area contributed by atoms with Gasteiger partial charge in [0.1, 0.15) is 5.82 Å². The lowest BCUT2D eigenvalue weighted by atomic mass is 10.1. The predicted molar refractivity (Wildman–Crippen MR) is 78.3 cm³/mol. The summed E-state index contributed by atoms with van der Waals surface area (Å²) < 4.78 is 13.3. The molecular formula is C15H11FN4O. The molecule has 0 aliphatic heterocycles. The number of nitrogens with two attached hydrogens (primary N) is 1. The van der Waals surface area contributed by atoms with Crippen LogP contribution in [-0.2, 0) is 0 Å². The Labute approximate surface area is 119 Å². The van der Waals surface area contributed by atoms with Crippen molar-refractivity contribution >= 4 is 28.3 Å². The molecule has 0 fully saturated rings. The van der Waals surface area contributed by atoms with Crippen LogP contribution < -0.4 is 11.1 Å². The summed E-state index contributed by atoms with van der Waals surface area (Å²) in [4.78, 5) is 20.4. The Balaban J connectivity index is 1.88. The Morgan fingerprint density at radius 2 is 1.81 bits per heavy atom. The molecule has 3 rings (SSSR count). The maximum Gasteiger partial charge on any atom is 0.255 e. The van der Waals surface area contributed by atoms with E-state index in [1.54, 1.807) is 30.6 Å². The average Bonchev–Trinajstić information content (AvgIpc) is 2.46. The van der Waals surface area contributed by atoms with Gasteiger partial charge in [0, 0.05) is 29.3 Å². The van der Waals surface area contributed by atoms with Crippen LogP contribution in [0.1, 0.15) is 10.4 Å². The molecule has 0 spiro atoms. The van der Waals surface area contributed by atoms with Gasteiger partial charge in [0.05, 0.1) is 11.0 Å². The average molecular weight is 282 g/mol. The highest BCUT2D eigenvalue weighted by Crippen LogP contribution is 2.17. The molecule has 1 heterocycles. The van der Waals surface area contributed by atoms with Crippen LogP contribution in [0, 0.1) is 5.82 Å². The number of nitrogens with zero attached hydrogens (tertiary/aromatic N) is 2. The van der Waals surface area contributed by atoms with Crippen molar-refractivity contribution in [2.75, 3.05) is 11.1 Å². The topological polar surface area (TPSA) is 80.9 Å². The molecule has 0 saturated heterocycles. The Morgan fingerprint density at radius 1 is 1.05 bits per heavy atom. The number of nitrogens with one attached hydrogen (secondary N) is 1. The Bertz CT molecular complexity index is 815. The largest absolute Gasteiger partial charge is 0.399 e. The molecule has 1 aromatic heterocycles. The van der Waals surface area contributed by atoms with Crippen molar-refractivity contribution in [1.82, 2.24) is 9.97 Å². The zero-order valence-corrected chi connectivity index (χ0v) is 10.9. The van der Waals surface area contributed by atoms with Gasteiger partial charge in [-0.2, -0.15) is 0 Å². The molecule has 104 valence electrons. The first kappa shape index (κ1) is 13.0. The van der Waals surface area contributed by atoms with Crippen molar-refractivity contribution in [3.63, 3.8) is 0 Å². The minimum absolute atomic E-state index is 0.159. The number of benzene rings is 2. The Kier molecular flexibility index (Phi) is 3.19. The predicted octanol–water partition coefficient (Wildman–Crippen LogP) is 2.60. The first-order chi connectivity index (χ1) is 10.1. The summed E-state index contributed by atoms with van der Waals surface area (Å²) in [6.45, 7) is 0. The van der Waals surface area contributed by atoms with Crippen molar-refractivity contribution in [2.45, 2.75) is 0 Å². The molecule has 3 aromatic rings. The normalized spacial score (nSPS) is 10.5. The fraction of sp³-hybridized carbons (Fsp3) is 0. The molecule has 21 heavy (non-hydrogen) atoms. The fourth-order valence-corrected chi connectivity index (χ4v) is 1.99. The number of aromatic nitrogens is 2. The number of rotatable bonds is 2. The quantitative estimate of drug-likeness (QED) is 0.708. The van der Waals surface area contributed by atoms with Crippen LogP contribution in [0.15, 0.2) is 48.8 Å². The van der Waals surface area contributed by atoms with Gasteiger partial charge in [-0.25, -0.2) is 4.39 Å². The lowest BCUT2D eigenvalue weighted by Crippen LogP contribution is -2.12. The summed E-state index contributed by atoms with van der Waals surface area (Å²) in [5.41, 5.74) is 7.82. The molecule has 0 bridgehead atoms. The molecule has 0 aliphatic carbocycles. The smallest absolute Gasteiger partial charge is 0.255 e. The third-order valence-electron chi connectivity index (χ3n) is 2.91. The summed E-state index contributed by atoms with van der Waals surface area (Å²) in [5.74, 6) is -0.992. The summed E-state index contributed by atoms with van der Waals surface area (Å²) in [7, 11) is 0. The van der Waals surface area contributed by atoms with Gasteiger partial charge in [0.2, 0.25) is 0 Å². The molecule has 0 radical (unpaired) electrons. The molecule has 0 unspecified atom stereocenters. The molecule has 3 N–H and O–H groups in total. The third-order valence-corrected chi connectivity index (χ3v) is 2.91. The van der Waals surface area contributed by atoms with E-state index >= 15 is 0 Å². The van der Waals surface area contributed by atoms with Crippen molar-refractivity contribution in [3.8, 4) is 0 Å². The molecule has 0 saturated carbocycles. The van der Waals surface area contributed by atoms with Crippen molar-refractivity contribution < 1.29 is 9.18 Å². The van der Waals surface area contributed by atoms with Crippen LogP contribution in [0.25, 0.3) is 11.0 Å². The molecule has 2 aromatic carbocycles. The highest BCUT2D eigenvalue weighted by Gasteiger charge is 2.09. The third kappa shape index (κ3) is 2.79. The second-order valence-corrected chi connectivity index (χ2v) is 4.49. The van der Waals surface area contributed by atoms with E-state index in [2.05, 4.69) is 15.3 Å². The number of halogens is 1. The van der Waals surface area contributed by atoms with Gasteiger partial charge >= 0.3 is 0 Å². The van der Waals surface area contributed by atoms with Crippen molar-refractivity contribution in [1.29, 1.82) is 0 Å². The number of anilines is 2. The SMILES string of the molecule is Nc1cc(F)cc(C(=O)Nc2ccc3nccnc3c2)c1. The van der Waals surface area contributed by atoms with E-state index in [1.807, 2.05) is 0 Å². The van der Waals surface area contributed by atoms with Crippen LogP contribution in [0.3, 0.4) is 0 Å². The minimum atomic E-state index is -0.551. The van der Waals surface area contributed by atoms with E-state index in [1.165, 1.54) is 6.07 Å². The van der Waals surface area contributed by atoms with Crippen LogP contribution in [-0.4, -0.2) is 15.9 Å². The Morgan fingerprint density at radius 3 is 2.57 bits per heavy atom. The van der Waals surface area contributed by atoms with E-state index < -0.39 is 11.7 Å². The lowest BCUT2D eigenvalue weighted by molar-refractivity contribution is 0.102. The lowest BCUT2D eigenvalue weighted by Gasteiger charge is -2.07. The fourth-order valence-electron chi connectivity index (χ4n) is 1.99. The molecule has 0 atom stereocenters. The second kappa shape index (κ2) is 5.16. The molecule has 1 amide bonds. The number of amides is 1. The van der Waals surface area contributed by atoms with Crippen LogP contribution in [0.5, 0.6) is 0 Å². The molecular weight excluding hydrogens is 271 g/mol. The monoisotopic (exact) mass is 282 g/mol. The summed E-state index contributed by atoms with van der Waals surface area (Å²) in [6.07, 6.45) is 3.16. The molecule has 0 aliphatic rings. The second-order valence-electron chi connectivity index (χ2n) is 4.49. The zero-order valence-electron chi connectivity index (χ0n) is 10.9. The summed E-state index contributed by atoms with van der Waals surface area (Å²) >= 11 is 0. The maximum absolute atomic E-state index is 13.3. The van der Waals surface area contributed by atoms with Gasteiger partial charge in [-0.3, -0.25) is 14.8 Å². The molecule has 6 heteroatoms.